The highest BCUT2D eigenvalue weighted by atomic mass is 16.6. The Balaban J connectivity index is 1.48. The lowest BCUT2D eigenvalue weighted by Gasteiger charge is -2.41. The van der Waals surface area contributed by atoms with Gasteiger partial charge in [-0.3, -0.25) is 29.7 Å². The van der Waals surface area contributed by atoms with Crippen molar-refractivity contribution < 1.29 is 38.1 Å². The number of esters is 2. The molecule has 2 atom stereocenters. The molecule has 0 saturated carbocycles. The summed E-state index contributed by atoms with van der Waals surface area (Å²) in [6.45, 7) is 13.8. The Morgan fingerprint density at radius 2 is 1.67 bits per heavy atom. The van der Waals surface area contributed by atoms with Gasteiger partial charge in [0.1, 0.15) is 23.6 Å². The van der Waals surface area contributed by atoms with Crippen LogP contribution in [0.15, 0.2) is 0 Å². The van der Waals surface area contributed by atoms with Gasteiger partial charge < -0.3 is 29.6 Å². The number of cyclic esters (lactones) is 1. The van der Waals surface area contributed by atoms with Gasteiger partial charge in [-0.25, -0.2) is 9.59 Å². The standard InChI is InChI=1S/C28H48N6O8/c1-6-39-22(35)16-28(24(36)40-7-2)8-10-31(11-9-28)17-20-18-33(25(37)41-20)14-12-32-13-15-34(21(19-32)23(29)30)26(38)42-27(3,4)5/h20-21H,6-19H2,1-5H3,(H3,29,30). The zero-order valence-electron chi connectivity index (χ0n) is 25.7. The third-order valence-corrected chi connectivity index (χ3v) is 7.86. The van der Waals surface area contributed by atoms with Crippen LogP contribution in [0, 0.1) is 10.8 Å². The molecule has 238 valence electrons. The van der Waals surface area contributed by atoms with E-state index in [-0.39, 0.29) is 43.6 Å². The molecule has 14 nitrogen and oxygen atoms in total. The van der Waals surface area contributed by atoms with Crippen LogP contribution in [0.2, 0.25) is 0 Å². The van der Waals surface area contributed by atoms with Gasteiger partial charge in [-0.2, -0.15) is 0 Å². The van der Waals surface area contributed by atoms with Crippen molar-refractivity contribution in [3.05, 3.63) is 0 Å². The Bertz CT molecular complexity index is 993. The first-order valence-corrected chi connectivity index (χ1v) is 14.8. The van der Waals surface area contributed by atoms with E-state index >= 15 is 0 Å². The minimum atomic E-state index is -0.900. The number of likely N-dealkylation sites (tertiary alicyclic amines) is 1. The maximum Gasteiger partial charge on any atom is 0.411 e. The smallest absolute Gasteiger partial charge is 0.411 e. The van der Waals surface area contributed by atoms with E-state index in [4.69, 9.17) is 30.1 Å². The van der Waals surface area contributed by atoms with E-state index in [1.165, 1.54) is 4.90 Å². The number of carbonyl (C=O) groups excluding carboxylic acids is 4. The van der Waals surface area contributed by atoms with Crippen LogP contribution in [-0.4, -0.2) is 139 Å². The van der Waals surface area contributed by atoms with Crippen molar-refractivity contribution in [1.29, 1.82) is 5.41 Å². The first kappa shape index (κ1) is 33.4. The van der Waals surface area contributed by atoms with Crippen molar-refractivity contribution in [1.82, 2.24) is 19.6 Å². The third-order valence-electron chi connectivity index (χ3n) is 7.86. The summed E-state index contributed by atoms with van der Waals surface area (Å²) in [6, 6.07) is -0.600. The number of rotatable bonds is 11. The third kappa shape index (κ3) is 8.93. The predicted molar refractivity (Wildman–Crippen MR) is 153 cm³/mol. The molecule has 2 unspecified atom stereocenters. The average molecular weight is 597 g/mol. The molecular weight excluding hydrogens is 548 g/mol. The minimum Gasteiger partial charge on any atom is -0.466 e. The summed E-state index contributed by atoms with van der Waals surface area (Å²) < 4.78 is 21.5. The zero-order chi connectivity index (χ0) is 31.1. The molecule has 3 heterocycles. The fraction of sp³-hybridized carbons (Fsp3) is 0.821. The van der Waals surface area contributed by atoms with Gasteiger partial charge in [0.25, 0.3) is 0 Å². The van der Waals surface area contributed by atoms with Gasteiger partial charge in [0.05, 0.1) is 31.6 Å². The molecule has 3 aliphatic heterocycles. The quantitative estimate of drug-likeness (QED) is 0.152. The van der Waals surface area contributed by atoms with E-state index < -0.39 is 29.1 Å². The van der Waals surface area contributed by atoms with Crippen LogP contribution in [0.1, 0.15) is 53.9 Å². The van der Waals surface area contributed by atoms with Gasteiger partial charge in [0, 0.05) is 39.3 Å². The number of nitrogens with one attached hydrogen (secondary N) is 1. The summed E-state index contributed by atoms with van der Waals surface area (Å²) in [5.41, 5.74) is 4.27. The summed E-state index contributed by atoms with van der Waals surface area (Å²) in [4.78, 5) is 57.7. The summed E-state index contributed by atoms with van der Waals surface area (Å²) in [6.07, 6.45) is -0.270. The molecule has 3 aliphatic rings. The molecule has 0 spiro atoms. The van der Waals surface area contributed by atoms with Crippen LogP contribution < -0.4 is 5.73 Å². The lowest BCUT2D eigenvalue weighted by Crippen LogP contribution is -2.61. The van der Waals surface area contributed by atoms with E-state index in [0.29, 0.717) is 71.7 Å². The largest absolute Gasteiger partial charge is 0.466 e. The maximum atomic E-state index is 12.8. The molecule has 42 heavy (non-hydrogen) atoms. The first-order chi connectivity index (χ1) is 19.8. The van der Waals surface area contributed by atoms with Crippen molar-refractivity contribution in [2.24, 2.45) is 11.1 Å². The molecular formula is C28H48N6O8. The number of hydrogen-bond donors (Lipinski definition) is 2. The molecule has 0 bridgehead atoms. The van der Waals surface area contributed by atoms with E-state index in [1.54, 1.807) is 39.5 Å². The summed E-state index contributed by atoms with van der Waals surface area (Å²) in [5, 5.41) is 8.00. The van der Waals surface area contributed by atoms with Gasteiger partial charge in [-0.05, 0) is 60.5 Å². The normalized spacial score (nSPS) is 23.3. The fourth-order valence-corrected chi connectivity index (χ4v) is 5.64. The summed E-state index contributed by atoms with van der Waals surface area (Å²) >= 11 is 0. The van der Waals surface area contributed by atoms with Crippen molar-refractivity contribution in [2.75, 3.05) is 72.1 Å². The topological polar surface area (TPSA) is 168 Å². The van der Waals surface area contributed by atoms with Gasteiger partial charge in [0.15, 0.2) is 0 Å². The summed E-state index contributed by atoms with van der Waals surface area (Å²) in [7, 11) is 0. The van der Waals surface area contributed by atoms with E-state index in [2.05, 4.69) is 9.80 Å². The van der Waals surface area contributed by atoms with E-state index in [0.717, 1.165) is 0 Å². The molecule has 3 rings (SSSR count). The number of piperidine rings is 1. The highest BCUT2D eigenvalue weighted by molar-refractivity contribution is 5.87. The molecule has 3 fully saturated rings. The number of amides is 2. The lowest BCUT2D eigenvalue weighted by atomic mass is 9.75. The molecule has 2 amide bonds. The van der Waals surface area contributed by atoms with Crippen LogP contribution in [0.5, 0.6) is 0 Å². The fourth-order valence-electron chi connectivity index (χ4n) is 5.64. The van der Waals surface area contributed by atoms with Crippen molar-refractivity contribution in [3.8, 4) is 0 Å². The number of hydrogen-bond acceptors (Lipinski definition) is 11. The highest BCUT2D eigenvalue weighted by Gasteiger charge is 2.45. The van der Waals surface area contributed by atoms with Gasteiger partial charge in [-0.15, -0.1) is 0 Å². The van der Waals surface area contributed by atoms with Crippen molar-refractivity contribution >= 4 is 30.0 Å². The first-order valence-electron chi connectivity index (χ1n) is 14.8. The average Bonchev–Trinajstić information content (AvgIpc) is 3.26. The number of ether oxygens (including phenoxy) is 4. The van der Waals surface area contributed by atoms with Crippen LogP contribution in [0.4, 0.5) is 9.59 Å². The Hall–Kier alpha value is -3.13. The lowest BCUT2D eigenvalue weighted by molar-refractivity contribution is -0.165. The molecule has 0 aromatic heterocycles. The SMILES string of the molecule is CCOC(=O)CC1(C(=O)OCC)CCN(CC2CN(CCN3CCN(C(=O)OC(C)(C)C)C(C(=N)N)C3)C(=O)O2)CC1. The molecule has 3 saturated heterocycles. The Kier molecular flexibility index (Phi) is 11.4. The minimum absolute atomic E-state index is 0.00374. The zero-order valence-corrected chi connectivity index (χ0v) is 25.7. The van der Waals surface area contributed by atoms with Gasteiger partial charge in [0.2, 0.25) is 0 Å². The number of piperazine rings is 1. The molecule has 0 aromatic rings. The Morgan fingerprint density at radius 3 is 2.26 bits per heavy atom. The van der Waals surface area contributed by atoms with Gasteiger partial charge >= 0.3 is 24.1 Å². The van der Waals surface area contributed by atoms with Crippen molar-refractivity contribution in [3.63, 3.8) is 0 Å². The summed E-state index contributed by atoms with van der Waals surface area (Å²) in [5.74, 6) is -0.877. The number of amidine groups is 1. The van der Waals surface area contributed by atoms with E-state index in [9.17, 15) is 19.2 Å². The molecule has 3 N–H and O–H groups in total. The van der Waals surface area contributed by atoms with Crippen LogP contribution >= 0.6 is 0 Å². The van der Waals surface area contributed by atoms with Gasteiger partial charge in [-0.1, -0.05) is 0 Å². The van der Waals surface area contributed by atoms with Crippen LogP contribution in [0.3, 0.4) is 0 Å². The molecule has 0 radical (unpaired) electrons. The Labute approximate surface area is 248 Å². The number of nitrogens with two attached hydrogens (primary N) is 1. The van der Waals surface area contributed by atoms with E-state index in [1.807, 2.05) is 0 Å². The predicted octanol–water partition coefficient (Wildman–Crippen LogP) is 1.26. The second-order valence-corrected chi connectivity index (χ2v) is 12.2. The molecule has 0 aliphatic carbocycles. The van der Waals surface area contributed by atoms with Crippen LogP contribution in [-0.2, 0) is 28.5 Å². The van der Waals surface area contributed by atoms with Crippen LogP contribution in [0.25, 0.3) is 0 Å². The second-order valence-electron chi connectivity index (χ2n) is 12.2. The number of nitrogens with zero attached hydrogens (tertiary/aromatic N) is 4. The monoisotopic (exact) mass is 596 g/mol. The Morgan fingerprint density at radius 1 is 1.00 bits per heavy atom. The second kappa shape index (κ2) is 14.4. The molecule has 0 aromatic carbocycles. The van der Waals surface area contributed by atoms with Crippen molar-refractivity contribution in [2.45, 2.75) is 71.6 Å². The number of carbonyl (C=O) groups is 4. The highest BCUT2D eigenvalue weighted by Crippen LogP contribution is 2.37. The maximum absolute atomic E-state index is 12.8. The molecule has 14 heteroatoms.